The Labute approximate surface area is 203 Å². The molecule has 0 saturated carbocycles. The molecule has 4 aromatic rings. The van der Waals surface area contributed by atoms with Gasteiger partial charge in [-0.2, -0.15) is 0 Å². The molecule has 0 heterocycles. The molecule has 1 atom stereocenters. The third kappa shape index (κ3) is 4.43. The molecule has 0 aliphatic heterocycles. The molecule has 2 N–H and O–H groups in total. The fourth-order valence-electron chi connectivity index (χ4n) is 4.82. The van der Waals surface area contributed by atoms with E-state index < -0.39 is 18.1 Å². The molecule has 0 radical (unpaired) electrons. The van der Waals surface area contributed by atoms with E-state index in [-0.39, 0.29) is 18.9 Å². The Morgan fingerprint density at radius 3 is 2.26 bits per heavy atom. The molecule has 0 spiro atoms. The fourth-order valence-corrected chi connectivity index (χ4v) is 4.82. The van der Waals surface area contributed by atoms with Gasteiger partial charge in [0.05, 0.1) is 7.11 Å². The van der Waals surface area contributed by atoms with Gasteiger partial charge in [0.25, 0.3) is 0 Å². The van der Waals surface area contributed by atoms with Crippen molar-refractivity contribution in [2.45, 2.75) is 18.4 Å². The van der Waals surface area contributed by atoms with Crippen LogP contribution in [0.15, 0.2) is 84.9 Å². The van der Waals surface area contributed by atoms with Crippen molar-refractivity contribution in [3.05, 3.63) is 102 Å². The van der Waals surface area contributed by atoms with Crippen molar-refractivity contribution in [1.29, 1.82) is 0 Å². The van der Waals surface area contributed by atoms with Gasteiger partial charge >= 0.3 is 12.1 Å². The summed E-state index contributed by atoms with van der Waals surface area (Å²) >= 11 is 0. The third-order valence-corrected chi connectivity index (χ3v) is 6.54. The van der Waals surface area contributed by atoms with Crippen LogP contribution in [0.3, 0.4) is 0 Å². The molecule has 0 aromatic heterocycles. The Bertz CT molecular complexity index is 1370. The number of nitrogens with one attached hydrogen (secondary N) is 1. The van der Waals surface area contributed by atoms with Gasteiger partial charge in [-0.15, -0.1) is 0 Å². The SMILES string of the molecule is COc1ccc2cccc(C[C@H](NC(=O)OCC3c4ccccc4-c4ccccc43)C(=O)O)c2c1. The molecule has 0 unspecified atom stereocenters. The Morgan fingerprint density at radius 2 is 1.60 bits per heavy atom. The van der Waals surface area contributed by atoms with Crippen LogP contribution in [-0.4, -0.2) is 36.9 Å². The average molecular weight is 468 g/mol. The van der Waals surface area contributed by atoms with Crippen molar-refractivity contribution in [2.75, 3.05) is 13.7 Å². The van der Waals surface area contributed by atoms with Crippen molar-refractivity contribution in [2.24, 2.45) is 0 Å². The van der Waals surface area contributed by atoms with Gasteiger partial charge in [-0.05, 0) is 50.7 Å². The molecule has 6 heteroatoms. The predicted molar refractivity (Wildman–Crippen MR) is 134 cm³/mol. The van der Waals surface area contributed by atoms with Crippen LogP contribution in [0.25, 0.3) is 21.9 Å². The lowest BCUT2D eigenvalue weighted by Crippen LogP contribution is -2.43. The molecule has 1 aliphatic carbocycles. The molecule has 5 rings (SSSR count). The van der Waals surface area contributed by atoms with E-state index in [2.05, 4.69) is 17.4 Å². The van der Waals surface area contributed by atoms with Crippen LogP contribution < -0.4 is 10.1 Å². The summed E-state index contributed by atoms with van der Waals surface area (Å²) in [5.41, 5.74) is 5.26. The molecule has 4 aromatic carbocycles. The lowest BCUT2D eigenvalue weighted by molar-refractivity contribution is -0.139. The minimum absolute atomic E-state index is 0.0954. The van der Waals surface area contributed by atoms with Gasteiger partial charge in [0.1, 0.15) is 18.4 Å². The quantitative estimate of drug-likeness (QED) is 0.381. The van der Waals surface area contributed by atoms with Crippen molar-refractivity contribution in [1.82, 2.24) is 5.32 Å². The number of carboxylic acid groups (broad SMARTS) is 1. The van der Waals surface area contributed by atoms with E-state index in [4.69, 9.17) is 9.47 Å². The number of methoxy groups -OCH3 is 1. The molecule has 176 valence electrons. The van der Waals surface area contributed by atoms with Gasteiger partial charge in [0.15, 0.2) is 0 Å². The minimum atomic E-state index is -1.14. The third-order valence-electron chi connectivity index (χ3n) is 6.54. The predicted octanol–water partition coefficient (Wildman–Crippen LogP) is 5.38. The molecular formula is C29H25NO5. The minimum Gasteiger partial charge on any atom is -0.497 e. The molecule has 35 heavy (non-hydrogen) atoms. The summed E-state index contributed by atoms with van der Waals surface area (Å²) in [5, 5.41) is 14.2. The topological polar surface area (TPSA) is 84.9 Å². The molecule has 1 aliphatic rings. The smallest absolute Gasteiger partial charge is 0.407 e. The zero-order chi connectivity index (χ0) is 24.4. The van der Waals surface area contributed by atoms with Gasteiger partial charge in [0.2, 0.25) is 0 Å². The number of alkyl carbamates (subject to hydrolysis) is 1. The number of fused-ring (bicyclic) bond motifs is 4. The lowest BCUT2D eigenvalue weighted by Gasteiger charge is -2.18. The summed E-state index contributed by atoms with van der Waals surface area (Å²) in [7, 11) is 1.59. The Balaban J connectivity index is 1.30. The van der Waals surface area contributed by atoms with Crippen LogP contribution in [-0.2, 0) is 16.0 Å². The first-order chi connectivity index (χ1) is 17.0. The zero-order valence-electron chi connectivity index (χ0n) is 19.2. The lowest BCUT2D eigenvalue weighted by atomic mass is 9.98. The van der Waals surface area contributed by atoms with Crippen LogP contribution in [0.4, 0.5) is 4.79 Å². The van der Waals surface area contributed by atoms with Crippen molar-refractivity contribution in [3.8, 4) is 16.9 Å². The largest absolute Gasteiger partial charge is 0.497 e. The highest BCUT2D eigenvalue weighted by atomic mass is 16.5. The number of carboxylic acids is 1. The van der Waals surface area contributed by atoms with Crippen LogP contribution in [0.2, 0.25) is 0 Å². The van der Waals surface area contributed by atoms with E-state index in [1.54, 1.807) is 7.11 Å². The van der Waals surface area contributed by atoms with E-state index in [0.717, 1.165) is 38.6 Å². The van der Waals surface area contributed by atoms with Gasteiger partial charge in [0, 0.05) is 12.3 Å². The summed E-state index contributed by atoms with van der Waals surface area (Å²) in [5.74, 6) is -0.540. The summed E-state index contributed by atoms with van der Waals surface area (Å²) in [6.07, 6.45) is -0.638. The van der Waals surface area contributed by atoms with E-state index in [9.17, 15) is 14.7 Å². The van der Waals surface area contributed by atoms with E-state index in [1.807, 2.05) is 72.8 Å². The summed E-state index contributed by atoms with van der Waals surface area (Å²) in [6.45, 7) is 0.123. The van der Waals surface area contributed by atoms with Crippen LogP contribution in [0, 0.1) is 0 Å². The van der Waals surface area contributed by atoms with Crippen molar-refractivity contribution >= 4 is 22.8 Å². The molecular weight excluding hydrogens is 442 g/mol. The van der Waals surface area contributed by atoms with Crippen molar-refractivity contribution < 1.29 is 24.2 Å². The second kappa shape index (κ2) is 9.50. The first-order valence-electron chi connectivity index (χ1n) is 11.4. The highest BCUT2D eigenvalue weighted by molar-refractivity contribution is 5.88. The molecule has 0 saturated heterocycles. The first-order valence-corrected chi connectivity index (χ1v) is 11.4. The second-order valence-corrected chi connectivity index (χ2v) is 8.57. The van der Waals surface area contributed by atoms with E-state index in [0.29, 0.717) is 5.75 Å². The normalized spacial score (nSPS) is 13.1. The Kier molecular flexibility index (Phi) is 6.10. The maximum absolute atomic E-state index is 12.7. The molecule has 1 amide bonds. The highest BCUT2D eigenvalue weighted by Gasteiger charge is 2.30. The van der Waals surface area contributed by atoms with Crippen LogP contribution in [0.5, 0.6) is 5.75 Å². The number of hydrogen-bond donors (Lipinski definition) is 2. The number of aliphatic carboxylic acids is 1. The van der Waals surface area contributed by atoms with Gasteiger partial charge < -0.3 is 19.9 Å². The average Bonchev–Trinajstić information content (AvgIpc) is 3.20. The summed E-state index contributed by atoms with van der Waals surface area (Å²) in [6, 6.07) is 26.3. The monoisotopic (exact) mass is 467 g/mol. The Morgan fingerprint density at radius 1 is 0.914 bits per heavy atom. The summed E-state index contributed by atoms with van der Waals surface area (Å²) < 4.78 is 10.9. The van der Waals surface area contributed by atoms with Gasteiger partial charge in [-0.3, -0.25) is 0 Å². The molecule has 0 bridgehead atoms. The van der Waals surface area contributed by atoms with Gasteiger partial charge in [-0.1, -0.05) is 72.8 Å². The standard InChI is InChI=1S/C29H25NO5/c1-34-20-14-13-18-7-6-8-19(25(18)16-20)15-27(28(31)32)30-29(33)35-17-26-23-11-4-2-9-21(23)22-10-3-5-12-24(22)26/h2-14,16,26-27H,15,17H2,1H3,(H,30,33)(H,31,32)/t27-/m0/s1. The zero-order valence-corrected chi connectivity index (χ0v) is 19.2. The number of ether oxygens (including phenoxy) is 2. The highest BCUT2D eigenvalue weighted by Crippen LogP contribution is 2.44. The first kappa shape index (κ1) is 22.5. The maximum Gasteiger partial charge on any atom is 0.407 e. The molecule has 6 nitrogen and oxygen atoms in total. The van der Waals surface area contributed by atoms with E-state index in [1.165, 1.54) is 0 Å². The maximum atomic E-state index is 12.7. The molecule has 0 fully saturated rings. The fraction of sp³-hybridized carbons (Fsp3) is 0.172. The number of carbonyl (C=O) groups is 2. The number of amides is 1. The number of hydrogen-bond acceptors (Lipinski definition) is 4. The van der Waals surface area contributed by atoms with Crippen molar-refractivity contribution in [3.63, 3.8) is 0 Å². The number of carbonyl (C=O) groups excluding carboxylic acids is 1. The van der Waals surface area contributed by atoms with Gasteiger partial charge in [-0.25, -0.2) is 9.59 Å². The Hall–Kier alpha value is -4.32. The van der Waals surface area contributed by atoms with E-state index >= 15 is 0 Å². The summed E-state index contributed by atoms with van der Waals surface area (Å²) in [4.78, 5) is 24.7. The second-order valence-electron chi connectivity index (χ2n) is 8.57. The number of rotatable bonds is 7. The van der Waals surface area contributed by atoms with Crippen LogP contribution in [0.1, 0.15) is 22.6 Å². The number of benzene rings is 4. The van der Waals surface area contributed by atoms with Crippen LogP contribution >= 0.6 is 0 Å².